The first-order valence-electron chi connectivity index (χ1n) is 9.49. The molecule has 0 bridgehead atoms. The molecular formula is C20H33NO6S. The molecule has 0 aromatic heterocycles. The molecule has 0 radical (unpaired) electrons. The number of benzene rings is 1. The number of hydrogen-bond acceptors (Lipinski definition) is 8. The van der Waals surface area contributed by atoms with Crippen LogP contribution in [-0.4, -0.2) is 76.9 Å². The lowest BCUT2D eigenvalue weighted by Crippen LogP contribution is -2.14. The van der Waals surface area contributed by atoms with E-state index < -0.39 is 0 Å². The Hall–Kier alpha value is -1.32. The maximum Gasteiger partial charge on any atom is 0.214 e. The zero-order chi connectivity index (χ0) is 20.5. The number of thioether (sulfide) groups is 1. The van der Waals surface area contributed by atoms with Gasteiger partial charge in [-0.1, -0.05) is 11.8 Å². The molecule has 1 aromatic rings. The summed E-state index contributed by atoms with van der Waals surface area (Å²) in [6, 6.07) is 8.30. The van der Waals surface area contributed by atoms with Crippen molar-refractivity contribution in [2.24, 2.45) is 0 Å². The zero-order valence-corrected chi connectivity index (χ0v) is 17.9. The fourth-order valence-electron chi connectivity index (χ4n) is 2.07. The average molecular weight is 416 g/mol. The third kappa shape index (κ3) is 13.8. The molecule has 0 fully saturated rings. The monoisotopic (exact) mass is 415 g/mol. The third-order valence-corrected chi connectivity index (χ3v) is 3.94. The summed E-state index contributed by atoms with van der Waals surface area (Å²) in [4.78, 5) is 11.0. The number of carbonyl (C=O) groups is 1. The first kappa shape index (κ1) is 24.7. The summed E-state index contributed by atoms with van der Waals surface area (Å²) >= 11 is 1.16. The molecule has 0 aliphatic rings. The van der Waals surface area contributed by atoms with Gasteiger partial charge in [0.2, 0.25) is 5.12 Å². The molecule has 0 saturated heterocycles. The molecule has 0 spiro atoms. The molecule has 0 aliphatic heterocycles. The van der Waals surface area contributed by atoms with Crippen LogP contribution < -0.4 is 10.1 Å². The predicted octanol–water partition coefficient (Wildman–Crippen LogP) is 2.84. The van der Waals surface area contributed by atoms with Gasteiger partial charge >= 0.3 is 0 Å². The van der Waals surface area contributed by atoms with Crippen molar-refractivity contribution in [3.8, 4) is 5.75 Å². The Morgan fingerprint density at radius 2 is 1.36 bits per heavy atom. The Morgan fingerprint density at radius 1 is 0.857 bits per heavy atom. The van der Waals surface area contributed by atoms with Crippen LogP contribution in [0.25, 0.3) is 0 Å². The van der Waals surface area contributed by atoms with Gasteiger partial charge in [0.25, 0.3) is 0 Å². The minimum Gasteiger partial charge on any atom is -0.491 e. The highest BCUT2D eigenvalue weighted by Gasteiger charge is 1.99. The van der Waals surface area contributed by atoms with Crippen molar-refractivity contribution in [1.82, 2.24) is 0 Å². The maximum atomic E-state index is 11.0. The van der Waals surface area contributed by atoms with E-state index in [0.717, 1.165) is 23.2 Å². The number of ether oxygens (including phenoxy) is 5. The molecule has 1 rings (SSSR count). The van der Waals surface area contributed by atoms with Crippen molar-refractivity contribution in [2.45, 2.75) is 19.9 Å². The van der Waals surface area contributed by atoms with Gasteiger partial charge in [-0.15, -0.1) is 0 Å². The van der Waals surface area contributed by atoms with Crippen LogP contribution in [0.5, 0.6) is 5.75 Å². The van der Waals surface area contributed by atoms with Gasteiger partial charge in [-0.05, 0) is 44.4 Å². The molecule has 0 amide bonds. The Bertz CT molecular complexity index is 512. The average Bonchev–Trinajstić information content (AvgIpc) is 2.68. The first-order chi connectivity index (χ1) is 13.6. The fraction of sp³-hybridized carbons (Fsp3) is 0.650. The molecule has 0 saturated carbocycles. The van der Waals surface area contributed by atoms with Crippen molar-refractivity contribution >= 4 is 22.6 Å². The van der Waals surface area contributed by atoms with E-state index in [9.17, 15) is 4.79 Å². The number of hydrogen-bond donors (Lipinski definition) is 1. The lowest BCUT2D eigenvalue weighted by Gasteiger charge is -2.11. The van der Waals surface area contributed by atoms with E-state index in [-0.39, 0.29) is 11.7 Å². The summed E-state index contributed by atoms with van der Waals surface area (Å²) in [6.07, 6.45) is 1.74. The smallest absolute Gasteiger partial charge is 0.214 e. The van der Waals surface area contributed by atoms with Crippen LogP contribution in [-0.2, 0) is 23.7 Å². The predicted molar refractivity (Wildman–Crippen MR) is 112 cm³/mol. The highest BCUT2D eigenvalue weighted by Crippen LogP contribution is 2.16. The van der Waals surface area contributed by atoms with E-state index in [0.29, 0.717) is 58.9 Å². The Balaban J connectivity index is 1.85. The molecule has 1 N–H and O–H groups in total. The third-order valence-electron chi connectivity index (χ3n) is 3.37. The van der Waals surface area contributed by atoms with Gasteiger partial charge in [-0.3, -0.25) is 4.79 Å². The summed E-state index contributed by atoms with van der Waals surface area (Å²) in [6.45, 7) is 8.22. The molecule has 0 heterocycles. The summed E-state index contributed by atoms with van der Waals surface area (Å²) in [5, 5.41) is 3.35. The van der Waals surface area contributed by atoms with Crippen LogP contribution in [0, 0.1) is 0 Å². The molecule has 7 nitrogen and oxygen atoms in total. The number of anilines is 1. The number of rotatable bonds is 17. The van der Waals surface area contributed by atoms with Crippen LogP contribution in [0.2, 0.25) is 0 Å². The van der Waals surface area contributed by atoms with E-state index in [1.807, 2.05) is 24.3 Å². The van der Waals surface area contributed by atoms with Gasteiger partial charge < -0.3 is 29.0 Å². The maximum absolute atomic E-state index is 11.0. The SMILES string of the molecule is CSC(=O)COCCOCCOCCOCCOc1ccc(NC(C)C)cc1. The molecule has 0 atom stereocenters. The highest BCUT2D eigenvalue weighted by molar-refractivity contribution is 8.13. The summed E-state index contributed by atoms with van der Waals surface area (Å²) in [5.41, 5.74) is 1.08. The van der Waals surface area contributed by atoms with Crippen LogP contribution in [0.15, 0.2) is 24.3 Å². The Labute approximate surface area is 172 Å². The quantitative estimate of drug-likeness (QED) is 0.389. The number of carbonyl (C=O) groups excluding carboxylic acids is 1. The van der Waals surface area contributed by atoms with E-state index in [1.165, 1.54) is 0 Å². The van der Waals surface area contributed by atoms with E-state index in [2.05, 4.69) is 19.2 Å². The molecular weight excluding hydrogens is 382 g/mol. The van der Waals surface area contributed by atoms with Crippen LogP contribution >= 0.6 is 11.8 Å². The minimum atomic E-state index is 0.0191. The Kier molecular flexibility index (Phi) is 14.7. The molecule has 28 heavy (non-hydrogen) atoms. The molecule has 1 aromatic carbocycles. The lowest BCUT2D eigenvalue weighted by molar-refractivity contribution is -0.115. The van der Waals surface area contributed by atoms with Gasteiger partial charge in [-0.25, -0.2) is 0 Å². The van der Waals surface area contributed by atoms with E-state index >= 15 is 0 Å². The second kappa shape index (κ2) is 16.6. The Morgan fingerprint density at radius 3 is 1.86 bits per heavy atom. The van der Waals surface area contributed by atoms with Crippen molar-refractivity contribution in [1.29, 1.82) is 0 Å². The normalized spacial score (nSPS) is 11.0. The van der Waals surface area contributed by atoms with Gasteiger partial charge in [0, 0.05) is 11.7 Å². The van der Waals surface area contributed by atoms with Crippen molar-refractivity contribution < 1.29 is 28.5 Å². The van der Waals surface area contributed by atoms with Crippen molar-refractivity contribution in [3.63, 3.8) is 0 Å². The van der Waals surface area contributed by atoms with Gasteiger partial charge in [-0.2, -0.15) is 0 Å². The largest absolute Gasteiger partial charge is 0.491 e. The molecule has 160 valence electrons. The molecule has 0 unspecified atom stereocenters. The second-order valence-corrected chi connectivity index (χ2v) is 7.00. The first-order valence-corrected chi connectivity index (χ1v) is 10.7. The lowest BCUT2D eigenvalue weighted by atomic mass is 10.3. The minimum absolute atomic E-state index is 0.0191. The standard InChI is InChI=1S/C20H33NO6S/c1-17(2)21-18-4-6-19(7-5-18)27-15-14-25-11-10-23-8-9-24-12-13-26-16-20(22)28-3/h4-7,17,21H,8-16H2,1-3H3. The second-order valence-electron chi connectivity index (χ2n) is 6.14. The van der Waals surface area contributed by atoms with E-state index in [1.54, 1.807) is 6.26 Å². The van der Waals surface area contributed by atoms with Crippen molar-refractivity contribution in [2.75, 3.05) is 71.0 Å². The topological polar surface area (TPSA) is 75.3 Å². The highest BCUT2D eigenvalue weighted by atomic mass is 32.2. The van der Waals surface area contributed by atoms with Crippen LogP contribution in [0.3, 0.4) is 0 Å². The zero-order valence-electron chi connectivity index (χ0n) is 17.1. The van der Waals surface area contributed by atoms with Gasteiger partial charge in [0.1, 0.15) is 19.0 Å². The van der Waals surface area contributed by atoms with Crippen LogP contribution in [0.4, 0.5) is 5.69 Å². The fourth-order valence-corrected chi connectivity index (χ4v) is 2.27. The molecule has 0 aliphatic carbocycles. The summed E-state index contributed by atoms with van der Waals surface area (Å²) < 4.78 is 27.0. The van der Waals surface area contributed by atoms with Gasteiger partial charge in [0.15, 0.2) is 0 Å². The van der Waals surface area contributed by atoms with E-state index in [4.69, 9.17) is 23.7 Å². The summed E-state index contributed by atoms with van der Waals surface area (Å²) in [7, 11) is 0. The summed E-state index contributed by atoms with van der Waals surface area (Å²) in [5.74, 6) is 0.827. The number of nitrogens with one attached hydrogen (secondary N) is 1. The molecule has 8 heteroatoms. The van der Waals surface area contributed by atoms with Crippen LogP contribution in [0.1, 0.15) is 13.8 Å². The van der Waals surface area contributed by atoms with Gasteiger partial charge in [0.05, 0.1) is 46.2 Å². The van der Waals surface area contributed by atoms with Crippen molar-refractivity contribution in [3.05, 3.63) is 24.3 Å².